The highest BCUT2D eigenvalue weighted by Crippen LogP contribution is 2.17. The molecular weight excluding hydrogens is 214 g/mol. The molecule has 0 amide bonds. The first-order valence-corrected chi connectivity index (χ1v) is 6.51. The third-order valence-electron chi connectivity index (χ3n) is 2.85. The van der Waals surface area contributed by atoms with Crippen LogP contribution in [0.1, 0.15) is 29.7 Å². The first-order chi connectivity index (χ1) is 7.77. The van der Waals surface area contributed by atoms with E-state index in [1.807, 2.05) is 0 Å². The highest BCUT2D eigenvalue weighted by Gasteiger charge is 2.06. The lowest BCUT2D eigenvalue weighted by atomic mass is 10.0. The van der Waals surface area contributed by atoms with E-state index in [0.717, 1.165) is 6.54 Å². The molecule has 0 radical (unpaired) electrons. The predicted octanol–water partition coefficient (Wildman–Crippen LogP) is 3.91. The van der Waals surface area contributed by atoms with Crippen LogP contribution in [0.4, 0.5) is 0 Å². The van der Waals surface area contributed by atoms with Crippen molar-refractivity contribution in [2.45, 2.75) is 26.4 Å². The summed E-state index contributed by atoms with van der Waals surface area (Å²) in [6, 6.07) is 11.1. The van der Waals surface area contributed by atoms with Gasteiger partial charge in [-0.05, 0) is 47.4 Å². The number of hydrogen-bond donors (Lipinski definition) is 1. The second kappa shape index (κ2) is 5.28. The number of benzene rings is 1. The summed E-state index contributed by atoms with van der Waals surface area (Å²) in [5, 5.41) is 7.86. The van der Waals surface area contributed by atoms with Gasteiger partial charge in [-0.3, -0.25) is 0 Å². The lowest BCUT2D eigenvalue weighted by Gasteiger charge is -2.16. The summed E-state index contributed by atoms with van der Waals surface area (Å²) in [5.74, 6) is 0. The van der Waals surface area contributed by atoms with Crippen LogP contribution in [0.25, 0.3) is 0 Å². The molecule has 0 aliphatic rings. The third kappa shape index (κ3) is 2.71. The molecule has 84 valence electrons. The maximum atomic E-state index is 3.55. The molecule has 1 N–H and O–H groups in total. The fourth-order valence-corrected chi connectivity index (χ4v) is 2.52. The van der Waals surface area contributed by atoms with Gasteiger partial charge in [0.05, 0.1) is 0 Å². The van der Waals surface area contributed by atoms with Crippen LogP contribution in [0.5, 0.6) is 0 Å². The average molecular weight is 231 g/mol. The van der Waals surface area contributed by atoms with Crippen molar-refractivity contribution in [3.63, 3.8) is 0 Å². The zero-order chi connectivity index (χ0) is 11.4. The predicted molar refractivity (Wildman–Crippen MR) is 70.8 cm³/mol. The molecular formula is C14H17NS. The van der Waals surface area contributed by atoms with Crippen molar-refractivity contribution in [1.29, 1.82) is 0 Å². The number of hydrogen-bond acceptors (Lipinski definition) is 2. The van der Waals surface area contributed by atoms with E-state index in [4.69, 9.17) is 0 Å². The lowest BCUT2D eigenvalue weighted by Crippen LogP contribution is -2.18. The normalized spacial score (nSPS) is 12.6. The fourth-order valence-electron chi connectivity index (χ4n) is 1.85. The van der Waals surface area contributed by atoms with Gasteiger partial charge in [0, 0.05) is 12.6 Å². The highest BCUT2D eigenvalue weighted by molar-refractivity contribution is 7.07. The van der Waals surface area contributed by atoms with Crippen LogP contribution >= 0.6 is 11.3 Å². The largest absolute Gasteiger partial charge is 0.306 e. The van der Waals surface area contributed by atoms with Crippen LogP contribution in [0.15, 0.2) is 41.1 Å². The smallest absolute Gasteiger partial charge is 0.0297 e. The Morgan fingerprint density at radius 2 is 2.06 bits per heavy atom. The Balaban J connectivity index is 1.98. The van der Waals surface area contributed by atoms with Crippen molar-refractivity contribution >= 4 is 11.3 Å². The zero-order valence-corrected chi connectivity index (χ0v) is 10.6. The van der Waals surface area contributed by atoms with Crippen molar-refractivity contribution in [2.24, 2.45) is 0 Å². The van der Waals surface area contributed by atoms with E-state index in [-0.39, 0.29) is 0 Å². The minimum atomic E-state index is 0.404. The van der Waals surface area contributed by atoms with E-state index in [9.17, 15) is 0 Å². The van der Waals surface area contributed by atoms with Gasteiger partial charge in [0.2, 0.25) is 0 Å². The van der Waals surface area contributed by atoms with Crippen LogP contribution in [-0.2, 0) is 6.54 Å². The van der Waals surface area contributed by atoms with Crippen molar-refractivity contribution in [1.82, 2.24) is 5.32 Å². The van der Waals surface area contributed by atoms with E-state index in [2.05, 4.69) is 60.3 Å². The number of rotatable bonds is 4. The fraction of sp³-hybridized carbons (Fsp3) is 0.286. The van der Waals surface area contributed by atoms with Gasteiger partial charge >= 0.3 is 0 Å². The van der Waals surface area contributed by atoms with Crippen molar-refractivity contribution in [3.8, 4) is 0 Å². The van der Waals surface area contributed by atoms with Crippen molar-refractivity contribution < 1.29 is 0 Å². The van der Waals surface area contributed by atoms with Gasteiger partial charge in [0.1, 0.15) is 0 Å². The molecule has 1 unspecified atom stereocenters. The Hall–Kier alpha value is -1.12. The van der Waals surface area contributed by atoms with Gasteiger partial charge in [-0.25, -0.2) is 0 Å². The monoisotopic (exact) mass is 231 g/mol. The topological polar surface area (TPSA) is 12.0 Å². The highest BCUT2D eigenvalue weighted by atomic mass is 32.1. The van der Waals surface area contributed by atoms with Crippen LogP contribution < -0.4 is 5.32 Å². The van der Waals surface area contributed by atoms with Gasteiger partial charge in [0.15, 0.2) is 0 Å². The Morgan fingerprint density at radius 3 is 2.75 bits per heavy atom. The Bertz CT molecular complexity index is 434. The number of nitrogens with one attached hydrogen (secondary N) is 1. The van der Waals surface area contributed by atoms with Crippen molar-refractivity contribution in [2.75, 3.05) is 0 Å². The SMILES string of the molecule is Cc1ccccc1C(C)NCc1ccsc1. The second-order valence-corrected chi connectivity index (χ2v) is 4.87. The lowest BCUT2D eigenvalue weighted by molar-refractivity contribution is 0.573. The second-order valence-electron chi connectivity index (χ2n) is 4.09. The molecule has 0 fully saturated rings. The summed E-state index contributed by atoms with van der Waals surface area (Å²) in [6.07, 6.45) is 0. The molecule has 16 heavy (non-hydrogen) atoms. The van der Waals surface area contributed by atoms with E-state index < -0.39 is 0 Å². The average Bonchev–Trinajstić information content (AvgIpc) is 2.79. The molecule has 0 saturated heterocycles. The van der Waals surface area contributed by atoms with Gasteiger partial charge in [-0.2, -0.15) is 11.3 Å². The minimum Gasteiger partial charge on any atom is -0.306 e. The maximum Gasteiger partial charge on any atom is 0.0297 e. The molecule has 1 aromatic carbocycles. The van der Waals surface area contributed by atoms with Crippen molar-refractivity contribution in [3.05, 3.63) is 57.8 Å². The summed E-state index contributed by atoms with van der Waals surface area (Å²) in [5.41, 5.74) is 4.11. The molecule has 0 aliphatic carbocycles. The maximum absolute atomic E-state index is 3.55. The summed E-state index contributed by atoms with van der Waals surface area (Å²) in [7, 11) is 0. The minimum absolute atomic E-state index is 0.404. The third-order valence-corrected chi connectivity index (χ3v) is 3.58. The van der Waals surface area contributed by atoms with Gasteiger partial charge < -0.3 is 5.32 Å². The number of thiophene rings is 1. The van der Waals surface area contributed by atoms with Gasteiger partial charge in [-0.15, -0.1) is 0 Å². The summed E-state index contributed by atoms with van der Waals surface area (Å²) in [6.45, 7) is 5.33. The van der Waals surface area contributed by atoms with Crippen LogP contribution in [0.3, 0.4) is 0 Å². The molecule has 0 spiro atoms. The number of aryl methyl sites for hydroxylation is 1. The van der Waals surface area contributed by atoms with Crippen LogP contribution in [0.2, 0.25) is 0 Å². The van der Waals surface area contributed by atoms with E-state index in [1.165, 1.54) is 16.7 Å². The quantitative estimate of drug-likeness (QED) is 0.841. The Labute approximate surface area is 101 Å². The molecule has 1 heterocycles. The van der Waals surface area contributed by atoms with Crippen LogP contribution in [-0.4, -0.2) is 0 Å². The standard InChI is InChI=1S/C14H17NS/c1-11-5-3-4-6-14(11)12(2)15-9-13-7-8-16-10-13/h3-8,10,12,15H,9H2,1-2H3. The Morgan fingerprint density at radius 1 is 1.25 bits per heavy atom. The first-order valence-electron chi connectivity index (χ1n) is 5.57. The Kier molecular flexibility index (Phi) is 3.75. The molecule has 1 nitrogen and oxygen atoms in total. The molecule has 2 heteroatoms. The molecule has 2 aromatic rings. The molecule has 0 aliphatic heterocycles. The zero-order valence-electron chi connectivity index (χ0n) is 9.73. The van der Waals surface area contributed by atoms with Gasteiger partial charge in [0.25, 0.3) is 0 Å². The summed E-state index contributed by atoms with van der Waals surface area (Å²) in [4.78, 5) is 0. The van der Waals surface area contributed by atoms with E-state index in [1.54, 1.807) is 11.3 Å². The summed E-state index contributed by atoms with van der Waals surface area (Å²) >= 11 is 1.75. The van der Waals surface area contributed by atoms with Gasteiger partial charge in [-0.1, -0.05) is 24.3 Å². The molecule has 1 aromatic heterocycles. The molecule has 0 bridgehead atoms. The molecule has 0 saturated carbocycles. The van der Waals surface area contributed by atoms with E-state index in [0.29, 0.717) is 6.04 Å². The molecule has 1 atom stereocenters. The van der Waals surface area contributed by atoms with E-state index >= 15 is 0 Å². The summed E-state index contributed by atoms with van der Waals surface area (Å²) < 4.78 is 0. The van der Waals surface area contributed by atoms with Crippen LogP contribution in [0, 0.1) is 6.92 Å². The molecule has 2 rings (SSSR count). The first kappa shape index (κ1) is 11.4.